The molecule has 2 nitrogen and oxygen atoms in total. The highest BCUT2D eigenvalue weighted by atomic mass is 14.8. The molecule has 2 heteroatoms. The monoisotopic (exact) mass is 256 g/mol. The van der Waals surface area contributed by atoms with Gasteiger partial charge in [-0.1, -0.05) is 48.5 Å². The Bertz CT molecular complexity index is 899. The molecular formula is C18H12N2. The van der Waals surface area contributed by atoms with Gasteiger partial charge in [-0.25, -0.2) is 4.98 Å². The number of pyridine rings is 2. The second kappa shape index (κ2) is 4.42. The third-order valence-electron chi connectivity index (χ3n) is 3.52. The molecule has 0 saturated carbocycles. The van der Waals surface area contributed by atoms with Gasteiger partial charge in [-0.3, -0.25) is 4.98 Å². The van der Waals surface area contributed by atoms with Crippen LogP contribution in [0.3, 0.4) is 0 Å². The molecular weight excluding hydrogens is 244 g/mol. The van der Waals surface area contributed by atoms with Crippen molar-refractivity contribution in [3.63, 3.8) is 0 Å². The van der Waals surface area contributed by atoms with Gasteiger partial charge in [0.25, 0.3) is 0 Å². The van der Waals surface area contributed by atoms with Crippen molar-refractivity contribution in [1.29, 1.82) is 0 Å². The minimum atomic E-state index is 0.912. The van der Waals surface area contributed by atoms with E-state index in [0.717, 1.165) is 22.3 Å². The average Bonchev–Trinajstić information content (AvgIpc) is 2.55. The molecule has 2 aromatic heterocycles. The summed E-state index contributed by atoms with van der Waals surface area (Å²) >= 11 is 0. The van der Waals surface area contributed by atoms with Gasteiger partial charge in [0, 0.05) is 17.0 Å². The van der Waals surface area contributed by atoms with Crippen LogP contribution in [-0.4, -0.2) is 9.97 Å². The van der Waals surface area contributed by atoms with Crippen molar-refractivity contribution < 1.29 is 0 Å². The minimum Gasteiger partial charge on any atom is -0.255 e. The van der Waals surface area contributed by atoms with Crippen LogP contribution in [0.1, 0.15) is 0 Å². The lowest BCUT2D eigenvalue weighted by Crippen LogP contribution is -1.91. The zero-order valence-electron chi connectivity index (χ0n) is 10.8. The maximum atomic E-state index is 4.81. The molecule has 0 aliphatic carbocycles. The van der Waals surface area contributed by atoms with Crippen molar-refractivity contribution in [2.75, 3.05) is 0 Å². The van der Waals surface area contributed by atoms with Crippen LogP contribution in [0.5, 0.6) is 0 Å². The summed E-state index contributed by atoms with van der Waals surface area (Å²) in [6.45, 7) is 0. The summed E-state index contributed by atoms with van der Waals surface area (Å²) in [5, 5.41) is 3.55. The molecule has 4 aromatic rings. The highest BCUT2D eigenvalue weighted by Gasteiger charge is 2.09. The van der Waals surface area contributed by atoms with E-state index in [4.69, 9.17) is 4.98 Å². The average molecular weight is 256 g/mol. The molecule has 0 aliphatic heterocycles. The predicted octanol–water partition coefficient (Wildman–Crippen LogP) is 4.45. The Balaban J connectivity index is 2.19. The summed E-state index contributed by atoms with van der Waals surface area (Å²) in [6.07, 6.45) is 1.81. The molecule has 0 N–H and O–H groups in total. The number of nitrogens with zero attached hydrogens (tertiary/aromatic N) is 2. The van der Waals surface area contributed by atoms with Gasteiger partial charge in [0.05, 0.1) is 16.9 Å². The fraction of sp³-hybridized carbons (Fsp3) is 0. The number of para-hydroxylation sites is 1. The molecule has 2 heterocycles. The standard InChI is InChI=1S/C18H12N2/c1-2-9-15-13(7-1)14-8-3-4-10-16(14)20-18(15)17-11-5-6-12-19-17/h1-12H. The van der Waals surface area contributed by atoms with Crippen LogP contribution < -0.4 is 0 Å². The third kappa shape index (κ3) is 1.66. The van der Waals surface area contributed by atoms with E-state index in [1.807, 2.05) is 36.4 Å². The Morgan fingerprint density at radius 2 is 1.30 bits per heavy atom. The van der Waals surface area contributed by atoms with Crippen molar-refractivity contribution in [1.82, 2.24) is 9.97 Å². The summed E-state index contributed by atoms with van der Waals surface area (Å²) in [4.78, 5) is 9.25. The number of aromatic nitrogens is 2. The number of fused-ring (bicyclic) bond motifs is 3. The van der Waals surface area contributed by atoms with E-state index in [9.17, 15) is 0 Å². The Morgan fingerprint density at radius 1 is 0.600 bits per heavy atom. The Labute approximate surface area is 116 Å². The summed E-state index contributed by atoms with van der Waals surface area (Å²) in [7, 11) is 0. The first-order valence-corrected chi connectivity index (χ1v) is 6.62. The van der Waals surface area contributed by atoms with Crippen molar-refractivity contribution in [2.45, 2.75) is 0 Å². The van der Waals surface area contributed by atoms with Gasteiger partial charge in [-0.05, 0) is 23.6 Å². The first-order chi connectivity index (χ1) is 9.93. The molecule has 0 bridgehead atoms. The predicted molar refractivity (Wildman–Crippen MR) is 82.5 cm³/mol. The molecule has 0 radical (unpaired) electrons. The Hall–Kier alpha value is -2.74. The Morgan fingerprint density at radius 3 is 2.10 bits per heavy atom. The van der Waals surface area contributed by atoms with E-state index in [0.29, 0.717) is 0 Å². The van der Waals surface area contributed by atoms with E-state index in [1.54, 1.807) is 6.20 Å². The van der Waals surface area contributed by atoms with E-state index < -0.39 is 0 Å². The van der Waals surface area contributed by atoms with Gasteiger partial charge in [0.2, 0.25) is 0 Å². The maximum Gasteiger partial charge on any atom is 0.0972 e. The molecule has 0 amide bonds. The number of hydrogen-bond donors (Lipinski definition) is 0. The lowest BCUT2D eigenvalue weighted by atomic mass is 10.0. The number of hydrogen-bond acceptors (Lipinski definition) is 2. The molecule has 0 aliphatic rings. The van der Waals surface area contributed by atoms with E-state index >= 15 is 0 Å². The summed E-state index contributed by atoms with van der Waals surface area (Å²) in [5.74, 6) is 0. The van der Waals surface area contributed by atoms with Crippen LogP contribution in [0.2, 0.25) is 0 Å². The summed E-state index contributed by atoms with van der Waals surface area (Å²) in [6, 6.07) is 22.5. The van der Waals surface area contributed by atoms with Gasteiger partial charge in [0.15, 0.2) is 0 Å². The van der Waals surface area contributed by atoms with E-state index in [2.05, 4.69) is 35.3 Å². The summed E-state index contributed by atoms with van der Waals surface area (Å²) < 4.78 is 0. The second-order valence-electron chi connectivity index (χ2n) is 4.74. The third-order valence-corrected chi connectivity index (χ3v) is 3.52. The van der Waals surface area contributed by atoms with Crippen LogP contribution in [0, 0.1) is 0 Å². The van der Waals surface area contributed by atoms with Gasteiger partial charge in [-0.15, -0.1) is 0 Å². The largest absolute Gasteiger partial charge is 0.255 e. The van der Waals surface area contributed by atoms with Gasteiger partial charge < -0.3 is 0 Å². The molecule has 0 unspecified atom stereocenters. The first kappa shape index (κ1) is 11.1. The fourth-order valence-electron chi connectivity index (χ4n) is 2.60. The smallest absolute Gasteiger partial charge is 0.0972 e. The van der Waals surface area contributed by atoms with Crippen molar-refractivity contribution in [2.24, 2.45) is 0 Å². The highest BCUT2D eigenvalue weighted by Crippen LogP contribution is 2.30. The number of rotatable bonds is 1. The topological polar surface area (TPSA) is 25.8 Å². The first-order valence-electron chi connectivity index (χ1n) is 6.62. The van der Waals surface area contributed by atoms with Crippen LogP contribution in [0.15, 0.2) is 72.9 Å². The van der Waals surface area contributed by atoms with E-state index in [1.165, 1.54) is 10.8 Å². The molecule has 0 spiro atoms. The number of benzene rings is 2. The fourth-order valence-corrected chi connectivity index (χ4v) is 2.60. The Kier molecular flexibility index (Phi) is 2.46. The van der Waals surface area contributed by atoms with Crippen LogP contribution in [0.4, 0.5) is 0 Å². The van der Waals surface area contributed by atoms with Crippen LogP contribution in [-0.2, 0) is 0 Å². The van der Waals surface area contributed by atoms with Crippen molar-refractivity contribution in [3.8, 4) is 11.4 Å². The van der Waals surface area contributed by atoms with E-state index in [-0.39, 0.29) is 0 Å². The molecule has 0 saturated heterocycles. The lowest BCUT2D eigenvalue weighted by Gasteiger charge is -2.08. The molecule has 2 aromatic carbocycles. The van der Waals surface area contributed by atoms with Crippen molar-refractivity contribution >= 4 is 21.7 Å². The molecule has 0 atom stereocenters. The quantitative estimate of drug-likeness (QED) is 0.470. The zero-order valence-corrected chi connectivity index (χ0v) is 10.8. The van der Waals surface area contributed by atoms with Crippen molar-refractivity contribution in [3.05, 3.63) is 72.9 Å². The summed E-state index contributed by atoms with van der Waals surface area (Å²) in [5.41, 5.74) is 2.86. The van der Waals surface area contributed by atoms with Gasteiger partial charge in [-0.2, -0.15) is 0 Å². The van der Waals surface area contributed by atoms with Gasteiger partial charge >= 0.3 is 0 Å². The zero-order chi connectivity index (χ0) is 13.4. The van der Waals surface area contributed by atoms with Gasteiger partial charge in [0.1, 0.15) is 0 Å². The second-order valence-corrected chi connectivity index (χ2v) is 4.74. The maximum absolute atomic E-state index is 4.81. The molecule has 20 heavy (non-hydrogen) atoms. The van der Waals surface area contributed by atoms with Crippen LogP contribution >= 0.6 is 0 Å². The molecule has 4 rings (SSSR count). The molecule has 0 fully saturated rings. The SMILES string of the molecule is c1ccc(-c2nc3ccccc3c3ccccc23)nc1. The minimum absolute atomic E-state index is 0.912. The normalized spacial score (nSPS) is 11.0. The lowest BCUT2D eigenvalue weighted by molar-refractivity contribution is 1.29. The highest BCUT2D eigenvalue weighted by molar-refractivity contribution is 6.10. The van der Waals surface area contributed by atoms with Crippen LogP contribution in [0.25, 0.3) is 33.1 Å². The molecule has 94 valence electrons.